The molecule has 0 saturated heterocycles. The molecule has 0 aliphatic carbocycles. The minimum absolute atomic E-state index is 0.534. The summed E-state index contributed by atoms with van der Waals surface area (Å²) in [5.41, 5.74) is 6.04. The number of hydrogen-bond acceptors (Lipinski definition) is 4. The van der Waals surface area contributed by atoms with E-state index in [0.717, 1.165) is 30.8 Å². The topological polar surface area (TPSA) is 58.7 Å². The van der Waals surface area contributed by atoms with Crippen LogP contribution < -0.4 is 10.5 Å². The van der Waals surface area contributed by atoms with Crippen LogP contribution in [-0.2, 0) is 6.54 Å². The molecule has 0 fully saturated rings. The van der Waals surface area contributed by atoms with Crippen molar-refractivity contribution in [2.24, 2.45) is 5.73 Å². The third-order valence-corrected chi connectivity index (χ3v) is 3.08. The maximum Gasteiger partial charge on any atom is 0.119 e. The minimum atomic E-state index is -0.647. The first-order chi connectivity index (χ1) is 9.44. The summed E-state index contributed by atoms with van der Waals surface area (Å²) in [4.78, 5) is 2.24. The van der Waals surface area contributed by atoms with Crippen LogP contribution in [0.5, 0.6) is 5.75 Å². The monoisotopic (exact) mass is 280 g/mol. The molecular formula is C16H28N2O2. The van der Waals surface area contributed by atoms with Gasteiger partial charge in [0, 0.05) is 19.6 Å². The van der Waals surface area contributed by atoms with E-state index >= 15 is 0 Å². The molecule has 114 valence electrons. The highest BCUT2D eigenvalue weighted by atomic mass is 16.5. The first-order valence-electron chi connectivity index (χ1n) is 7.31. The zero-order chi connectivity index (χ0) is 15.0. The van der Waals surface area contributed by atoms with Crippen molar-refractivity contribution in [2.75, 3.05) is 26.2 Å². The summed E-state index contributed by atoms with van der Waals surface area (Å²) in [6, 6.07) is 7.89. The van der Waals surface area contributed by atoms with Gasteiger partial charge in [0.1, 0.15) is 5.75 Å². The van der Waals surface area contributed by atoms with E-state index in [0.29, 0.717) is 19.7 Å². The third kappa shape index (κ3) is 6.89. The molecule has 3 N–H and O–H groups in total. The lowest BCUT2D eigenvalue weighted by Crippen LogP contribution is -2.39. The predicted octanol–water partition coefficient (Wildman–Crippen LogP) is 2.01. The van der Waals surface area contributed by atoms with E-state index in [1.807, 2.05) is 38.1 Å². The Kier molecular flexibility index (Phi) is 6.99. The maximum atomic E-state index is 9.83. The number of hydrogen-bond donors (Lipinski definition) is 2. The van der Waals surface area contributed by atoms with Gasteiger partial charge in [-0.05, 0) is 44.5 Å². The van der Waals surface area contributed by atoms with Crippen LogP contribution in [0.3, 0.4) is 0 Å². The standard InChI is InChI=1S/C16H28N2O2/c1-4-18(13-16(2,3)19)9-6-10-20-15-8-5-7-14(11-15)12-17/h5,7-8,11,19H,4,6,9-10,12-13,17H2,1-3H3. The number of rotatable bonds is 9. The maximum absolute atomic E-state index is 9.83. The van der Waals surface area contributed by atoms with Gasteiger partial charge in [-0.3, -0.25) is 0 Å². The lowest BCUT2D eigenvalue weighted by Gasteiger charge is -2.27. The summed E-state index contributed by atoms with van der Waals surface area (Å²) in [6.07, 6.45) is 0.941. The number of benzene rings is 1. The summed E-state index contributed by atoms with van der Waals surface area (Å²) in [5, 5.41) is 9.83. The average Bonchev–Trinajstić information content (AvgIpc) is 2.41. The van der Waals surface area contributed by atoms with Crippen LogP contribution in [0.15, 0.2) is 24.3 Å². The second-order valence-corrected chi connectivity index (χ2v) is 5.73. The lowest BCUT2D eigenvalue weighted by molar-refractivity contribution is 0.0364. The Morgan fingerprint density at radius 1 is 1.35 bits per heavy atom. The van der Waals surface area contributed by atoms with Gasteiger partial charge in [-0.25, -0.2) is 0 Å². The van der Waals surface area contributed by atoms with Crippen molar-refractivity contribution in [1.82, 2.24) is 4.90 Å². The molecule has 0 aromatic heterocycles. The number of nitrogens with two attached hydrogens (primary N) is 1. The Balaban J connectivity index is 2.29. The van der Waals surface area contributed by atoms with Crippen LogP contribution in [0.25, 0.3) is 0 Å². The Hall–Kier alpha value is -1.10. The molecule has 0 aliphatic heterocycles. The molecule has 20 heavy (non-hydrogen) atoms. The number of aliphatic hydroxyl groups is 1. The molecule has 0 spiro atoms. The highest BCUT2D eigenvalue weighted by Gasteiger charge is 2.16. The second kappa shape index (κ2) is 8.25. The Morgan fingerprint density at radius 3 is 2.70 bits per heavy atom. The van der Waals surface area contributed by atoms with Crippen molar-refractivity contribution in [3.8, 4) is 5.75 Å². The van der Waals surface area contributed by atoms with Crippen molar-refractivity contribution >= 4 is 0 Å². The molecule has 1 aromatic rings. The number of likely N-dealkylation sites (N-methyl/N-ethyl adjacent to an activating group) is 1. The van der Waals surface area contributed by atoms with E-state index in [1.54, 1.807) is 0 Å². The van der Waals surface area contributed by atoms with Gasteiger partial charge < -0.3 is 20.5 Å². The SMILES string of the molecule is CCN(CCCOc1cccc(CN)c1)CC(C)(C)O. The highest BCUT2D eigenvalue weighted by Crippen LogP contribution is 2.13. The van der Waals surface area contributed by atoms with Crippen LogP contribution in [-0.4, -0.2) is 41.8 Å². The Bertz CT molecular complexity index is 388. The van der Waals surface area contributed by atoms with Gasteiger partial charge in [0.05, 0.1) is 12.2 Å². The first-order valence-corrected chi connectivity index (χ1v) is 7.31. The van der Waals surface area contributed by atoms with Gasteiger partial charge in [0.25, 0.3) is 0 Å². The molecule has 1 rings (SSSR count). The van der Waals surface area contributed by atoms with Crippen LogP contribution in [0.1, 0.15) is 32.8 Å². The van der Waals surface area contributed by atoms with Gasteiger partial charge in [-0.2, -0.15) is 0 Å². The predicted molar refractivity (Wildman–Crippen MR) is 82.9 cm³/mol. The summed E-state index contributed by atoms with van der Waals surface area (Å²) in [6.45, 7) is 9.55. The molecule has 1 aromatic carbocycles. The first kappa shape index (κ1) is 17.0. The summed E-state index contributed by atoms with van der Waals surface area (Å²) in [5.74, 6) is 0.874. The molecule has 0 heterocycles. The average molecular weight is 280 g/mol. The summed E-state index contributed by atoms with van der Waals surface area (Å²) < 4.78 is 5.73. The van der Waals surface area contributed by atoms with Crippen molar-refractivity contribution < 1.29 is 9.84 Å². The smallest absolute Gasteiger partial charge is 0.119 e. The lowest BCUT2D eigenvalue weighted by atomic mass is 10.1. The fraction of sp³-hybridized carbons (Fsp3) is 0.625. The van der Waals surface area contributed by atoms with E-state index in [-0.39, 0.29) is 0 Å². The van der Waals surface area contributed by atoms with Crippen LogP contribution in [0.4, 0.5) is 0 Å². The van der Waals surface area contributed by atoms with E-state index < -0.39 is 5.60 Å². The van der Waals surface area contributed by atoms with E-state index in [2.05, 4.69) is 11.8 Å². The molecule has 0 unspecified atom stereocenters. The summed E-state index contributed by atoms with van der Waals surface area (Å²) >= 11 is 0. The van der Waals surface area contributed by atoms with E-state index in [9.17, 15) is 5.11 Å². The zero-order valence-electron chi connectivity index (χ0n) is 12.9. The number of ether oxygens (including phenoxy) is 1. The molecule has 4 nitrogen and oxygen atoms in total. The van der Waals surface area contributed by atoms with E-state index in [4.69, 9.17) is 10.5 Å². The molecule has 0 bridgehead atoms. The minimum Gasteiger partial charge on any atom is -0.494 e. The van der Waals surface area contributed by atoms with Crippen LogP contribution >= 0.6 is 0 Å². The quantitative estimate of drug-likeness (QED) is 0.679. The van der Waals surface area contributed by atoms with Crippen molar-refractivity contribution in [3.63, 3.8) is 0 Å². The molecule has 0 amide bonds. The Labute approximate surface area is 122 Å². The van der Waals surface area contributed by atoms with Crippen LogP contribution in [0.2, 0.25) is 0 Å². The van der Waals surface area contributed by atoms with Gasteiger partial charge in [-0.15, -0.1) is 0 Å². The number of nitrogens with zero attached hydrogens (tertiary/aromatic N) is 1. The highest BCUT2D eigenvalue weighted by molar-refractivity contribution is 5.28. The molecule has 0 atom stereocenters. The molecule has 0 radical (unpaired) electrons. The van der Waals surface area contributed by atoms with Crippen LogP contribution in [0, 0.1) is 0 Å². The van der Waals surface area contributed by atoms with Crippen molar-refractivity contribution in [1.29, 1.82) is 0 Å². The van der Waals surface area contributed by atoms with Gasteiger partial charge in [0.15, 0.2) is 0 Å². The molecule has 0 aliphatic rings. The summed E-state index contributed by atoms with van der Waals surface area (Å²) in [7, 11) is 0. The van der Waals surface area contributed by atoms with Crippen molar-refractivity contribution in [3.05, 3.63) is 29.8 Å². The van der Waals surface area contributed by atoms with Gasteiger partial charge in [0.2, 0.25) is 0 Å². The van der Waals surface area contributed by atoms with Gasteiger partial charge >= 0.3 is 0 Å². The van der Waals surface area contributed by atoms with Crippen molar-refractivity contribution in [2.45, 2.75) is 39.3 Å². The normalized spacial score (nSPS) is 11.9. The molecular weight excluding hydrogens is 252 g/mol. The van der Waals surface area contributed by atoms with Gasteiger partial charge in [-0.1, -0.05) is 19.1 Å². The Morgan fingerprint density at radius 2 is 2.10 bits per heavy atom. The molecule has 4 heteroatoms. The fourth-order valence-electron chi connectivity index (χ4n) is 2.14. The van der Waals surface area contributed by atoms with E-state index in [1.165, 1.54) is 0 Å². The molecule has 0 saturated carbocycles. The second-order valence-electron chi connectivity index (χ2n) is 5.73. The zero-order valence-corrected chi connectivity index (χ0v) is 12.9. The fourth-order valence-corrected chi connectivity index (χ4v) is 2.14. The third-order valence-electron chi connectivity index (χ3n) is 3.08. The largest absolute Gasteiger partial charge is 0.494 e.